The van der Waals surface area contributed by atoms with Gasteiger partial charge in [0.05, 0.1) is 22.9 Å². The lowest BCUT2D eigenvalue weighted by Gasteiger charge is -2.24. The van der Waals surface area contributed by atoms with E-state index in [0.29, 0.717) is 23.5 Å². The van der Waals surface area contributed by atoms with Crippen molar-refractivity contribution in [2.45, 2.75) is 37.7 Å². The molecule has 41 heavy (non-hydrogen) atoms. The molecule has 3 aromatic rings. The highest BCUT2D eigenvalue weighted by atomic mass is 32.2. The molecule has 0 aliphatic carbocycles. The van der Waals surface area contributed by atoms with Crippen molar-refractivity contribution in [3.63, 3.8) is 0 Å². The van der Waals surface area contributed by atoms with Crippen LogP contribution in [0.25, 0.3) is 0 Å². The summed E-state index contributed by atoms with van der Waals surface area (Å²) >= 11 is 0. The average molecular weight is 579 g/mol. The number of nitrogens with zero attached hydrogens (tertiary/aromatic N) is 2. The number of amides is 2. The number of ether oxygens (including phenoxy) is 2. The molecule has 216 valence electrons. The predicted molar refractivity (Wildman–Crippen MR) is 157 cm³/mol. The molecule has 0 bridgehead atoms. The summed E-state index contributed by atoms with van der Waals surface area (Å²) in [5, 5.41) is 6.78. The second-order valence-electron chi connectivity index (χ2n) is 9.68. The Hall–Kier alpha value is -4.22. The Balaban J connectivity index is 1.33. The Morgan fingerprint density at radius 1 is 1.02 bits per heavy atom. The molecule has 1 saturated heterocycles. The minimum Gasteiger partial charge on any atom is -0.484 e. The zero-order valence-electron chi connectivity index (χ0n) is 23.1. The molecule has 11 heteroatoms. The van der Waals surface area contributed by atoms with Crippen LogP contribution >= 0.6 is 0 Å². The number of anilines is 1. The van der Waals surface area contributed by atoms with Crippen LogP contribution in [0, 0.1) is 13.8 Å². The highest BCUT2D eigenvalue weighted by Crippen LogP contribution is 2.25. The van der Waals surface area contributed by atoms with E-state index in [-0.39, 0.29) is 23.5 Å². The molecule has 1 aliphatic rings. The molecule has 1 atom stereocenters. The largest absolute Gasteiger partial charge is 0.484 e. The van der Waals surface area contributed by atoms with Gasteiger partial charge < -0.3 is 14.8 Å². The van der Waals surface area contributed by atoms with Crippen molar-refractivity contribution in [3.8, 4) is 5.75 Å². The van der Waals surface area contributed by atoms with Crippen molar-refractivity contribution < 1.29 is 27.5 Å². The lowest BCUT2D eigenvalue weighted by Crippen LogP contribution is -2.39. The van der Waals surface area contributed by atoms with Crippen LogP contribution in [-0.4, -0.2) is 58.9 Å². The van der Waals surface area contributed by atoms with E-state index in [4.69, 9.17) is 9.47 Å². The molecule has 0 radical (unpaired) electrons. The van der Waals surface area contributed by atoms with Gasteiger partial charge in [0.15, 0.2) is 6.61 Å². The maximum absolute atomic E-state index is 13.4. The Labute approximate surface area is 240 Å². The fraction of sp³-hybridized carbons (Fsp3) is 0.300. The van der Waals surface area contributed by atoms with E-state index in [9.17, 15) is 18.0 Å². The van der Waals surface area contributed by atoms with Gasteiger partial charge in [-0.1, -0.05) is 24.3 Å². The predicted octanol–water partition coefficient (Wildman–Crippen LogP) is 3.32. The van der Waals surface area contributed by atoms with Crippen LogP contribution in [0.4, 0.5) is 5.69 Å². The number of hydrogen-bond acceptors (Lipinski definition) is 7. The fourth-order valence-corrected chi connectivity index (χ4v) is 5.58. The summed E-state index contributed by atoms with van der Waals surface area (Å²) in [6, 6.07) is 20.0. The summed E-state index contributed by atoms with van der Waals surface area (Å²) < 4.78 is 39.0. The van der Waals surface area contributed by atoms with Crippen LogP contribution in [0.1, 0.15) is 29.5 Å². The summed E-state index contributed by atoms with van der Waals surface area (Å²) in [6.07, 6.45) is 3.46. The summed E-state index contributed by atoms with van der Waals surface area (Å²) in [7, 11) is -4.01. The van der Waals surface area contributed by atoms with Crippen molar-refractivity contribution >= 4 is 33.7 Å². The van der Waals surface area contributed by atoms with Crippen molar-refractivity contribution in [2.24, 2.45) is 5.10 Å². The van der Waals surface area contributed by atoms with Gasteiger partial charge in [0, 0.05) is 13.2 Å². The number of hydrogen-bond donors (Lipinski definition) is 2. The summed E-state index contributed by atoms with van der Waals surface area (Å²) in [5.74, 6) is -0.320. The number of carbonyl (C=O) groups is 2. The SMILES string of the molecule is Cc1ccc(N(CC(=O)N/N=C\c2ccc(OCC(=O)NC[C@H]3CCCO3)cc2)S(=O)(=O)c2ccccc2)cc1C. The quantitative estimate of drug-likeness (QED) is 0.251. The van der Waals surface area contributed by atoms with Crippen LogP contribution in [0.3, 0.4) is 0 Å². The van der Waals surface area contributed by atoms with Crippen molar-refractivity contribution in [1.82, 2.24) is 10.7 Å². The number of nitrogens with one attached hydrogen (secondary N) is 2. The van der Waals surface area contributed by atoms with E-state index >= 15 is 0 Å². The minimum atomic E-state index is -4.01. The number of rotatable bonds is 12. The molecule has 1 fully saturated rings. The third-order valence-electron chi connectivity index (χ3n) is 6.60. The zero-order chi connectivity index (χ0) is 29.2. The topological polar surface area (TPSA) is 126 Å². The third kappa shape index (κ3) is 8.38. The first-order valence-corrected chi connectivity index (χ1v) is 14.7. The molecule has 0 aromatic heterocycles. The maximum atomic E-state index is 13.4. The minimum absolute atomic E-state index is 0.0705. The number of benzene rings is 3. The van der Waals surface area contributed by atoms with E-state index in [1.165, 1.54) is 18.3 Å². The molecule has 0 saturated carbocycles. The first-order chi connectivity index (χ1) is 19.7. The van der Waals surface area contributed by atoms with Gasteiger partial charge in [-0.2, -0.15) is 5.10 Å². The number of carbonyl (C=O) groups excluding carboxylic acids is 2. The molecular weight excluding hydrogens is 544 g/mol. The normalized spacial score (nSPS) is 15.0. The molecule has 0 spiro atoms. The molecule has 2 amide bonds. The highest BCUT2D eigenvalue weighted by Gasteiger charge is 2.27. The van der Waals surface area contributed by atoms with E-state index in [2.05, 4.69) is 15.8 Å². The van der Waals surface area contributed by atoms with Crippen molar-refractivity contribution in [3.05, 3.63) is 89.5 Å². The molecule has 2 N–H and O–H groups in total. The van der Waals surface area contributed by atoms with E-state index < -0.39 is 22.5 Å². The van der Waals surface area contributed by atoms with Gasteiger partial charge in [-0.15, -0.1) is 0 Å². The second-order valence-corrected chi connectivity index (χ2v) is 11.5. The molecule has 0 unspecified atom stereocenters. The van der Waals surface area contributed by atoms with E-state index in [1.54, 1.807) is 54.6 Å². The number of aryl methyl sites for hydroxylation is 2. The van der Waals surface area contributed by atoms with Crippen LogP contribution < -0.4 is 19.8 Å². The van der Waals surface area contributed by atoms with E-state index in [1.807, 2.05) is 19.9 Å². The highest BCUT2D eigenvalue weighted by molar-refractivity contribution is 7.92. The Morgan fingerprint density at radius 2 is 1.78 bits per heavy atom. The van der Waals surface area contributed by atoms with Crippen molar-refractivity contribution in [1.29, 1.82) is 0 Å². The first kappa shape index (κ1) is 29.8. The fourth-order valence-electron chi connectivity index (χ4n) is 4.14. The lowest BCUT2D eigenvalue weighted by molar-refractivity contribution is -0.123. The van der Waals surface area contributed by atoms with E-state index in [0.717, 1.165) is 34.9 Å². The van der Waals surface area contributed by atoms with Gasteiger partial charge in [0.1, 0.15) is 12.3 Å². The van der Waals surface area contributed by atoms with Gasteiger partial charge in [-0.25, -0.2) is 13.8 Å². The van der Waals surface area contributed by atoms with Crippen LogP contribution in [0.5, 0.6) is 5.75 Å². The second kappa shape index (κ2) is 13.9. The zero-order valence-corrected chi connectivity index (χ0v) is 23.9. The maximum Gasteiger partial charge on any atom is 0.264 e. The van der Waals surface area contributed by atoms with Gasteiger partial charge in [-0.05, 0) is 91.9 Å². The van der Waals surface area contributed by atoms with Crippen LogP contribution in [0.2, 0.25) is 0 Å². The van der Waals surface area contributed by atoms with Gasteiger partial charge in [0.2, 0.25) is 0 Å². The Morgan fingerprint density at radius 3 is 2.46 bits per heavy atom. The summed E-state index contributed by atoms with van der Waals surface area (Å²) in [5.41, 5.74) is 5.37. The van der Waals surface area contributed by atoms with Gasteiger partial charge in [0.25, 0.3) is 21.8 Å². The summed E-state index contributed by atoms with van der Waals surface area (Å²) in [6.45, 7) is 4.45. The molecule has 3 aromatic carbocycles. The molecule has 10 nitrogen and oxygen atoms in total. The molecule has 4 rings (SSSR count). The third-order valence-corrected chi connectivity index (χ3v) is 8.39. The van der Waals surface area contributed by atoms with Gasteiger partial charge >= 0.3 is 0 Å². The number of sulfonamides is 1. The summed E-state index contributed by atoms with van der Waals surface area (Å²) in [4.78, 5) is 24.9. The van der Waals surface area contributed by atoms with Gasteiger partial charge in [-0.3, -0.25) is 13.9 Å². The number of hydrazone groups is 1. The molecule has 1 aliphatic heterocycles. The van der Waals surface area contributed by atoms with Crippen molar-refractivity contribution in [2.75, 3.05) is 30.6 Å². The molecular formula is C30H34N4O6S. The molecule has 1 heterocycles. The lowest BCUT2D eigenvalue weighted by atomic mass is 10.1. The van der Waals surface area contributed by atoms with Crippen LogP contribution in [-0.2, 0) is 24.3 Å². The standard InChI is InChI=1S/C30H34N4O6S/c1-22-10-13-25(17-23(22)2)34(41(37,38)28-8-4-3-5-9-28)20-29(35)33-32-18-24-11-14-26(15-12-24)40-21-30(36)31-19-27-7-6-16-39-27/h3-5,8-15,17-18,27H,6-7,16,19-21H2,1-2H3,(H,31,36)(H,33,35)/b32-18-/t27-/m1/s1. The monoisotopic (exact) mass is 578 g/mol. The first-order valence-electron chi connectivity index (χ1n) is 13.3. The average Bonchev–Trinajstić information content (AvgIpc) is 3.50. The smallest absolute Gasteiger partial charge is 0.264 e. The van der Waals surface area contributed by atoms with Crippen LogP contribution in [0.15, 0.2) is 82.8 Å². The Bertz CT molecular complexity index is 1470. The Kier molecular flexibility index (Phi) is 10.1.